The van der Waals surface area contributed by atoms with Crippen molar-refractivity contribution < 1.29 is 14.9 Å². The van der Waals surface area contributed by atoms with Crippen molar-refractivity contribution in [3.63, 3.8) is 0 Å². The van der Waals surface area contributed by atoms with Crippen molar-refractivity contribution in [2.45, 2.75) is 24.9 Å². The summed E-state index contributed by atoms with van der Waals surface area (Å²) in [5, 5.41) is 18.4. The number of hydrogen-bond acceptors (Lipinski definition) is 5. The van der Waals surface area contributed by atoms with E-state index in [-0.39, 0.29) is 18.1 Å². The summed E-state index contributed by atoms with van der Waals surface area (Å²) in [6.07, 6.45) is -1.10. The van der Waals surface area contributed by atoms with E-state index in [1.165, 1.54) is 0 Å². The van der Waals surface area contributed by atoms with Gasteiger partial charge in [0.25, 0.3) is 5.56 Å². The van der Waals surface area contributed by atoms with E-state index in [1.807, 2.05) is 4.98 Å². The minimum absolute atomic E-state index is 0.173. The number of nitrogens with zero attached hydrogens (tertiary/aromatic N) is 1. The number of aliphatic hydroxyl groups excluding tert-OH is 2. The summed E-state index contributed by atoms with van der Waals surface area (Å²) in [7, 11) is 0. The molecule has 0 amide bonds. The number of H-pyrrole nitrogens is 1. The van der Waals surface area contributed by atoms with E-state index in [4.69, 9.17) is 21.4 Å². The highest BCUT2D eigenvalue weighted by atomic mass is 35.5. The molecule has 1 aliphatic rings. The molecule has 1 fully saturated rings. The van der Waals surface area contributed by atoms with Gasteiger partial charge in [0.1, 0.15) is 11.1 Å². The van der Waals surface area contributed by atoms with Gasteiger partial charge in [-0.3, -0.25) is 14.3 Å². The highest BCUT2D eigenvalue weighted by Crippen LogP contribution is 2.27. The molecule has 0 aliphatic carbocycles. The molecule has 1 saturated heterocycles. The van der Waals surface area contributed by atoms with Gasteiger partial charge in [-0.25, -0.2) is 4.79 Å². The van der Waals surface area contributed by atoms with Gasteiger partial charge in [0, 0.05) is 12.6 Å². The molecule has 7 nitrogen and oxygen atoms in total. The molecule has 0 aromatic carbocycles. The molecule has 1 aromatic rings. The van der Waals surface area contributed by atoms with Crippen LogP contribution in [-0.4, -0.2) is 38.6 Å². The molecule has 17 heavy (non-hydrogen) atoms. The fraction of sp³-hybridized carbons (Fsp3) is 0.556. The van der Waals surface area contributed by atoms with Crippen LogP contribution in [0.15, 0.2) is 15.8 Å². The van der Waals surface area contributed by atoms with Crippen LogP contribution in [0.2, 0.25) is 5.02 Å². The number of nitrogens with one attached hydrogen (secondary N) is 1. The Morgan fingerprint density at radius 1 is 1.59 bits per heavy atom. The number of hydrogen-bond donors (Lipinski definition) is 3. The zero-order valence-corrected chi connectivity index (χ0v) is 9.42. The van der Waals surface area contributed by atoms with Crippen molar-refractivity contribution in [3.05, 3.63) is 32.1 Å². The van der Waals surface area contributed by atoms with Gasteiger partial charge in [-0.1, -0.05) is 11.6 Å². The highest BCUT2D eigenvalue weighted by molar-refractivity contribution is 6.30. The van der Waals surface area contributed by atoms with E-state index < -0.39 is 29.7 Å². The minimum Gasteiger partial charge on any atom is -0.394 e. The van der Waals surface area contributed by atoms with Crippen LogP contribution in [0.5, 0.6) is 0 Å². The van der Waals surface area contributed by atoms with E-state index in [2.05, 4.69) is 0 Å². The van der Waals surface area contributed by atoms with Crippen LogP contribution in [0.1, 0.15) is 12.6 Å². The normalized spacial score (nSPS) is 28.5. The van der Waals surface area contributed by atoms with E-state index in [0.717, 1.165) is 10.8 Å². The number of aromatic amines is 1. The Morgan fingerprint density at radius 3 is 2.88 bits per heavy atom. The van der Waals surface area contributed by atoms with Crippen LogP contribution in [0, 0.1) is 0 Å². The fourth-order valence-corrected chi connectivity index (χ4v) is 1.90. The average Bonchev–Trinajstić information content (AvgIpc) is 2.65. The van der Waals surface area contributed by atoms with Crippen molar-refractivity contribution in [3.8, 4) is 0 Å². The molecule has 2 heterocycles. The van der Waals surface area contributed by atoms with Crippen molar-refractivity contribution in [1.82, 2.24) is 9.55 Å². The molecular weight excluding hydrogens is 252 g/mol. The third-order valence-corrected chi connectivity index (χ3v) is 2.84. The summed E-state index contributed by atoms with van der Waals surface area (Å²) in [5.41, 5.74) is -1.42. The summed E-state index contributed by atoms with van der Waals surface area (Å²) >= 11 is 5.59. The molecule has 3 atom stereocenters. The maximum absolute atomic E-state index is 11.5. The molecule has 94 valence electrons. The Kier molecular flexibility index (Phi) is 3.34. The predicted octanol–water partition coefficient (Wildman–Crippen LogP) is -1.17. The van der Waals surface area contributed by atoms with Crippen molar-refractivity contribution in [2.75, 3.05) is 6.61 Å². The molecular formula is C9H11ClN2O5. The van der Waals surface area contributed by atoms with E-state index in [1.54, 1.807) is 0 Å². The first-order valence-electron chi connectivity index (χ1n) is 4.98. The first kappa shape index (κ1) is 12.3. The van der Waals surface area contributed by atoms with Gasteiger partial charge in [-0.2, -0.15) is 0 Å². The van der Waals surface area contributed by atoms with Gasteiger partial charge < -0.3 is 14.9 Å². The SMILES string of the molecule is O=c1[nH]c(=O)n([C@@H]2O[C@H](CO)C[C@H]2O)cc1Cl. The standard InChI is InChI=1S/C9H11ClN2O5/c10-5-2-12(9(16)11-7(5)15)8-6(14)1-4(3-13)17-8/h2,4,6,8,13-14H,1,3H2,(H,11,15,16)/t4-,6+,8+/m0/s1. The Bertz CT molecular complexity index is 525. The number of aliphatic hydroxyl groups is 2. The van der Waals surface area contributed by atoms with E-state index in [9.17, 15) is 14.7 Å². The lowest BCUT2D eigenvalue weighted by atomic mass is 10.2. The summed E-state index contributed by atoms with van der Waals surface area (Å²) in [5.74, 6) is 0. The molecule has 8 heteroatoms. The number of ether oxygens (including phenoxy) is 1. The lowest BCUT2D eigenvalue weighted by Gasteiger charge is -2.16. The molecule has 0 bridgehead atoms. The third kappa shape index (κ3) is 2.27. The second kappa shape index (κ2) is 4.61. The van der Waals surface area contributed by atoms with Gasteiger partial charge in [0.15, 0.2) is 6.23 Å². The van der Waals surface area contributed by atoms with Gasteiger partial charge in [0.05, 0.1) is 12.7 Å². The van der Waals surface area contributed by atoms with Crippen LogP contribution in [0.25, 0.3) is 0 Å². The summed E-state index contributed by atoms with van der Waals surface area (Å²) in [6.45, 7) is -0.251. The highest BCUT2D eigenvalue weighted by Gasteiger charge is 2.35. The zero-order chi connectivity index (χ0) is 12.6. The zero-order valence-electron chi connectivity index (χ0n) is 8.67. The first-order chi connectivity index (χ1) is 8.02. The largest absolute Gasteiger partial charge is 0.394 e. The average molecular weight is 263 g/mol. The van der Waals surface area contributed by atoms with Crippen LogP contribution >= 0.6 is 11.6 Å². The second-order valence-electron chi connectivity index (χ2n) is 3.78. The third-order valence-electron chi connectivity index (χ3n) is 2.57. The summed E-state index contributed by atoms with van der Waals surface area (Å²) in [6, 6.07) is 0. The summed E-state index contributed by atoms with van der Waals surface area (Å²) < 4.78 is 6.27. The predicted molar refractivity (Wildman–Crippen MR) is 58.0 cm³/mol. The molecule has 1 aromatic heterocycles. The minimum atomic E-state index is -0.950. The quantitative estimate of drug-likeness (QED) is 0.623. The summed E-state index contributed by atoms with van der Waals surface area (Å²) in [4.78, 5) is 24.6. The molecule has 0 radical (unpaired) electrons. The lowest BCUT2D eigenvalue weighted by molar-refractivity contribution is -0.0530. The molecule has 0 unspecified atom stereocenters. The number of rotatable bonds is 2. The Morgan fingerprint density at radius 2 is 2.29 bits per heavy atom. The maximum Gasteiger partial charge on any atom is 0.330 e. The number of aromatic nitrogens is 2. The monoisotopic (exact) mass is 262 g/mol. The Balaban J connectivity index is 2.38. The van der Waals surface area contributed by atoms with Gasteiger partial charge in [0.2, 0.25) is 0 Å². The maximum atomic E-state index is 11.5. The number of halogens is 1. The van der Waals surface area contributed by atoms with Crippen LogP contribution in [0.4, 0.5) is 0 Å². The van der Waals surface area contributed by atoms with Crippen LogP contribution in [-0.2, 0) is 4.74 Å². The van der Waals surface area contributed by atoms with Crippen LogP contribution < -0.4 is 11.2 Å². The van der Waals surface area contributed by atoms with Gasteiger partial charge >= 0.3 is 5.69 Å². The van der Waals surface area contributed by atoms with Crippen LogP contribution in [0.3, 0.4) is 0 Å². The first-order valence-corrected chi connectivity index (χ1v) is 5.36. The molecule has 0 saturated carbocycles. The Labute approximate surface area is 100 Å². The van der Waals surface area contributed by atoms with Crippen molar-refractivity contribution >= 4 is 11.6 Å². The molecule has 0 spiro atoms. The van der Waals surface area contributed by atoms with E-state index in [0.29, 0.717) is 0 Å². The second-order valence-corrected chi connectivity index (χ2v) is 4.19. The van der Waals surface area contributed by atoms with Crippen molar-refractivity contribution in [1.29, 1.82) is 0 Å². The lowest BCUT2D eigenvalue weighted by Crippen LogP contribution is -2.35. The van der Waals surface area contributed by atoms with Gasteiger partial charge in [-0.15, -0.1) is 0 Å². The smallest absolute Gasteiger partial charge is 0.330 e. The van der Waals surface area contributed by atoms with E-state index >= 15 is 0 Å². The fourth-order valence-electron chi connectivity index (χ4n) is 1.75. The van der Waals surface area contributed by atoms with Gasteiger partial charge in [-0.05, 0) is 0 Å². The topological polar surface area (TPSA) is 105 Å². The molecule has 3 N–H and O–H groups in total. The molecule has 2 rings (SSSR count). The Hall–Kier alpha value is -1.15. The van der Waals surface area contributed by atoms with Crippen molar-refractivity contribution in [2.24, 2.45) is 0 Å². The molecule has 1 aliphatic heterocycles.